The first-order valence-corrected chi connectivity index (χ1v) is 8.49. The standard InChI is InChI=1S/C18H19N3O3S/c1-10-7-14-16(8-11(10)2)25-18(20-14)21-17(22)19-13-6-5-12(23-3)9-15(13)24-4/h5-9H,1-4H3,(H2,19,20,21,22). The molecule has 0 spiro atoms. The number of nitrogens with one attached hydrogen (secondary N) is 2. The van der Waals surface area contributed by atoms with Gasteiger partial charge in [0.25, 0.3) is 0 Å². The Morgan fingerprint density at radius 3 is 2.52 bits per heavy atom. The zero-order chi connectivity index (χ0) is 18.0. The normalized spacial score (nSPS) is 10.6. The van der Waals surface area contributed by atoms with Crippen molar-refractivity contribution in [2.24, 2.45) is 0 Å². The smallest absolute Gasteiger partial charge is 0.325 e. The second-order valence-electron chi connectivity index (χ2n) is 5.57. The molecule has 0 radical (unpaired) electrons. The topological polar surface area (TPSA) is 72.5 Å². The van der Waals surface area contributed by atoms with Gasteiger partial charge in [0.1, 0.15) is 11.5 Å². The number of hydrogen-bond donors (Lipinski definition) is 2. The Hall–Kier alpha value is -2.80. The summed E-state index contributed by atoms with van der Waals surface area (Å²) in [6, 6.07) is 8.91. The van der Waals surface area contributed by atoms with Crippen LogP contribution in [0.2, 0.25) is 0 Å². The number of ether oxygens (including phenoxy) is 2. The first-order chi connectivity index (χ1) is 12.0. The molecule has 7 heteroatoms. The maximum Gasteiger partial charge on any atom is 0.325 e. The van der Waals surface area contributed by atoms with Gasteiger partial charge in [0, 0.05) is 6.07 Å². The van der Waals surface area contributed by atoms with Crippen LogP contribution >= 0.6 is 11.3 Å². The number of aromatic nitrogens is 1. The zero-order valence-corrected chi connectivity index (χ0v) is 15.3. The molecule has 3 rings (SSSR count). The van der Waals surface area contributed by atoms with Gasteiger partial charge in [-0.2, -0.15) is 0 Å². The highest BCUT2D eigenvalue weighted by Crippen LogP contribution is 2.30. The molecular weight excluding hydrogens is 338 g/mol. The van der Waals surface area contributed by atoms with Crippen molar-refractivity contribution in [3.05, 3.63) is 41.5 Å². The third kappa shape index (κ3) is 3.66. The fourth-order valence-corrected chi connectivity index (χ4v) is 3.33. The molecule has 0 bridgehead atoms. The van der Waals surface area contributed by atoms with Crippen LogP contribution < -0.4 is 20.1 Å². The Balaban J connectivity index is 1.76. The number of benzene rings is 2. The van der Waals surface area contributed by atoms with E-state index in [-0.39, 0.29) is 6.03 Å². The average molecular weight is 357 g/mol. The van der Waals surface area contributed by atoms with Gasteiger partial charge in [-0.3, -0.25) is 5.32 Å². The number of methoxy groups -OCH3 is 2. The second kappa shape index (κ2) is 6.98. The predicted octanol–water partition coefficient (Wildman–Crippen LogP) is 4.57. The summed E-state index contributed by atoms with van der Waals surface area (Å²) < 4.78 is 11.5. The fraction of sp³-hybridized carbons (Fsp3) is 0.222. The number of fused-ring (bicyclic) bond motifs is 1. The van der Waals surface area contributed by atoms with Gasteiger partial charge in [0.15, 0.2) is 5.13 Å². The lowest BCUT2D eigenvalue weighted by molar-refractivity contribution is 0.262. The molecule has 0 saturated heterocycles. The average Bonchev–Trinajstić information content (AvgIpc) is 2.96. The van der Waals surface area contributed by atoms with Crippen molar-refractivity contribution in [3.8, 4) is 11.5 Å². The van der Waals surface area contributed by atoms with Gasteiger partial charge in [0.05, 0.1) is 30.1 Å². The summed E-state index contributed by atoms with van der Waals surface area (Å²) >= 11 is 1.44. The van der Waals surface area contributed by atoms with Crippen LogP contribution in [0.15, 0.2) is 30.3 Å². The van der Waals surface area contributed by atoms with E-state index in [1.165, 1.54) is 29.6 Å². The van der Waals surface area contributed by atoms with E-state index in [2.05, 4.69) is 28.6 Å². The molecule has 0 aliphatic heterocycles. The molecule has 25 heavy (non-hydrogen) atoms. The van der Waals surface area contributed by atoms with Gasteiger partial charge in [-0.1, -0.05) is 11.3 Å². The molecule has 6 nitrogen and oxygen atoms in total. The van der Waals surface area contributed by atoms with Crippen molar-refractivity contribution in [2.45, 2.75) is 13.8 Å². The number of nitrogens with zero attached hydrogens (tertiary/aromatic N) is 1. The highest BCUT2D eigenvalue weighted by atomic mass is 32.1. The van der Waals surface area contributed by atoms with E-state index in [0.29, 0.717) is 22.3 Å². The SMILES string of the molecule is COc1ccc(NC(=O)Nc2nc3cc(C)c(C)cc3s2)c(OC)c1. The molecule has 0 saturated carbocycles. The zero-order valence-electron chi connectivity index (χ0n) is 14.5. The van der Waals surface area contributed by atoms with Gasteiger partial charge < -0.3 is 14.8 Å². The van der Waals surface area contributed by atoms with Gasteiger partial charge in [-0.15, -0.1) is 0 Å². The predicted molar refractivity (Wildman–Crippen MR) is 101 cm³/mol. The molecule has 2 aromatic carbocycles. The molecule has 1 aromatic heterocycles. The molecule has 0 fully saturated rings. The van der Waals surface area contributed by atoms with Gasteiger partial charge in [-0.25, -0.2) is 9.78 Å². The Morgan fingerprint density at radius 1 is 1.04 bits per heavy atom. The molecule has 0 aliphatic rings. The van der Waals surface area contributed by atoms with E-state index in [1.807, 2.05) is 13.0 Å². The third-order valence-electron chi connectivity index (χ3n) is 3.88. The molecule has 1 heterocycles. The Kier molecular flexibility index (Phi) is 4.76. The molecule has 0 aliphatic carbocycles. The van der Waals surface area contributed by atoms with Crippen molar-refractivity contribution in [1.82, 2.24) is 4.98 Å². The van der Waals surface area contributed by atoms with E-state index in [4.69, 9.17) is 9.47 Å². The quantitative estimate of drug-likeness (QED) is 0.717. The van der Waals surface area contributed by atoms with E-state index in [9.17, 15) is 4.79 Å². The van der Waals surface area contributed by atoms with E-state index < -0.39 is 0 Å². The van der Waals surface area contributed by atoms with Gasteiger partial charge in [0.2, 0.25) is 0 Å². The van der Waals surface area contributed by atoms with Crippen molar-refractivity contribution in [1.29, 1.82) is 0 Å². The number of hydrogen-bond acceptors (Lipinski definition) is 5. The van der Waals surface area contributed by atoms with Crippen molar-refractivity contribution in [3.63, 3.8) is 0 Å². The minimum Gasteiger partial charge on any atom is -0.497 e. The maximum absolute atomic E-state index is 12.3. The van der Waals surface area contributed by atoms with Gasteiger partial charge >= 0.3 is 6.03 Å². The first kappa shape index (κ1) is 17.0. The van der Waals surface area contributed by atoms with Crippen LogP contribution in [0.1, 0.15) is 11.1 Å². The number of amides is 2. The van der Waals surface area contributed by atoms with Crippen LogP contribution in [0.25, 0.3) is 10.2 Å². The molecular formula is C18H19N3O3S. The Labute approximate surface area is 149 Å². The second-order valence-corrected chi connectivity index (χ2v) is 6.60. The number of thiazole rings is 1. The van der Waals surface area contributed by atoms with Crippen LogP contribution in [0.5, 0.6) is 11.5 Å². The number of carbonyl (C=O) groups excluding carboxylic acids is 1. The Morgan fingerprint density at radius 2 is 1.80 bits per heavy atom. The summed E-state index contributed by atoms with van der Waals surface area (Å²) in [4.78, 5) is 16.7. The van der Waals surface area contributed by atoms with Crippen molar-refractivity contribution >= 4 is 38.4 Å². The number of urea groups is 1. The summed E-state index contributed by atoms with van der Waals surface area (Å²) in [7, 11) is 3.11. The minimum atomic E-state index is -0.379. The monoisotopic (exact) mass is 357 g/mol. The highest BCUT2D eigenvalue weighted by Gasteiger charge is 2.12. The lowest BCUT2D eigenvalue weighted by Gasteiger charge is -2.11. The van der Waals surface area contributed by atoms with Crippen LogP contribution in [0.3, 0.4) is 0 Å². The fourth-order valence-electron chi connectivity index (χ4n) is 2.39. The van der Waals surface area contributed by atoms with Crippen LogP contribution in [-0.4, -0.2) is 25.2 Å². The van der Waals surface area contributed by atoms with E-state index in [1.54, 1.807) is 25.3 Å². The van der Waals surface area contributed by atoms with E-state index >= 15 is 0 Å². The summed E-state index contributed by atoms with van der Waals surface area (Å²) in [5, 5.41) is 6.08. The van der Waals surface area contributed by atoms with E-state index in [0.717, 1.165) is 10.2 Å². The summed E-state index contributed by atoms with van der Waals surface area (Å²) in [5.74, 6) is 1.17. The molecule has 3 aromatic rings. The van der Waals surface area contributed by atoms with Crippen molar-refractivity contribution < 1.29 is 14.3 Å². The van der Waals surface area contributed by atoms with Gasteiger partial charge in [-0.05, 0) is 49.2 Å². The lowest BCUT2D eigenvalue weighted by atomic mass is 10.1. The van der Waals surface area contributed by atoms with Crippen molar-refractivity contribution in [2.75, 3.05) is 24.9 Å². The number of rotatable bonds is 4. The highest BCUT2D eigenvalue weighted by molar-refractivity contribution is 7.22. The number of anilines is 2. The van der Waals surface area contributed by atoms with Crippen LogP contribution in [-0.2, 0) is 0 Å². The maximum atomic E-state index is 12.3. The molecule has 0 atom stereocenters. The third-order valence-corrected chi connectivity index (χ3v) is 4.81. The lowest BCUT2D eigenvalue weighted by Crippen LogP contribution is -2.19. The van der Waals surface area contributed by atoms with Crippen LogP contribution in [0, 0.1) is 13.8 Å². The molecule has 130 valence electrons. The largest absolute Gasteiger partial charge is 0.497 e. The number of carbonyl (C=O) groups is 1. The minimum absolute atomic E-state index is 0.379. The summed E-state index contributed by atoms with van der Waals surface area (Å²) in [5.41, 5.74) is 3.81. The Bertz CT molecular complexity index is 898. The van der Waals surface area contributed by atoms with Crippen LogP contribution in [0.4, 0.5) is 15.6 Å². The summed E-state index contributed by atoms with van der Waals surface area (Å²) in [6.45, 7) is 4.11. The molecule has 2 N–H and O–H groups in total. The summed E-state index contributed by atoms with van der Waals surface area (Å²) in [6.07, 6.45) is 0. The molecule has 2 amide bonds. The number of aryl methyl sites for hydroxylation is 2. The first-order valence-electron chi connectivity index (χ1n) is 7.68. The molecule has 0 unspecified atom stereocenters.